The lowest BCUT2D eigenvalue weighted by Gasteiger charge is -2.18. The molecule has 4 rings (SSSR count). The number of anilines is 3. The maximum atomic E-state index is 13.7. The molecule has 0 atom stereocenters. The summed E-state index contributed by atoms with van der Waals surface area (Å²) in [5.41, 5.74) is 4.68. The van der Waals surface area contributed by atoms with Crippen molar-refractivity contribution in [3.63, 3.8) is 0 Å². The van der Waals surface area contributed by atoms with E-state index in [1.165, 1.54) is 13.3 Å². The zero-order chi connectivity index (χ0) is 36.2. The van der Waals surface area contributed by atoms with Crippen LogP contribution >= 0.6 is 0 Å². The number of hydrogen-bond acceptors (Lipinski definition) is 9. The van der Waals surface area contributed by atoms with E-state index >= 15 is 0 Å². The third kappa shape index (κ3) is 10.0. The van der Waals surface area contributed by atoms with Crippen molar-refractivity contribution in [1.82, 2.24) is 25.1 Å². The Hall–Kier alpha value is -5.49. The summed E-state index contributed by atoms with van der Waals surface area (Å²) < 4.78 is 11.9. The average molecular weight is 682 g/mol. The monoisotopic (exact) mass is 681 g/mol. The number of carbonyl (C=O) groups is 3. The minimum absolute atomic E-state index is 0.00545. The minimum Gasteiger partial charge on any atom is -0.493 e. The molecule has 0 aliphatic heterocycles. The number of para-hydroxylation sites is 1. The molecular formula is C38H47N7O5. The maximum Gasteiger partial charge on any atom is 0.262 e. The highest BCUT2D eigenvalue weighted by Crippen LogP contribution is 2.34. The van der Waals surface area contributed by atoms with Gasteiger partial charge in [-0.25, -0.2) is 4.98 Å². The van der Waals surface area contributed by atoms with E-state index in [9.17, 15) is 14.4 Å². The predicted octanol–water partition coefficient (Wildman–Crippen LogP) is 5.98. The minimum atomic E-state index is -0.445. The fourth-order valence-electron chi connectivity index (χ4n) is 5.22. The van der Waals surface area contributed by atoms with E-state index in [2.05, 4.69) is 25.9 Å². The van der Waals surface area contributed by atoms with Crippen molar-refractivity contribution in [2.45, 2.75) is 40.5 Å². The van der Waals surface area contributed by atoms with Crippen molar-refractivity contribution in [2.24, 2.45) is 0 Å². The Kier molecular flexibility index (Phi) is 13.3. The summed E-state index contributed by atoms with van der Waals surface area (Å²) >= 11 is 0. The highest BCUT2D eigenvalue weighted by atomic mass is 16.5. The SMILES string of the molecule is CCN(CC)C(=O)CCc1ccc(Oc2nc(Nc3ccc(C(=O)NCCN(C)C)cc3)ncc2C(=O)Nc2c(C)cccc2C)c(OC)c1. The van der Waals surface area contributed by atoms with Crippen LogP contribution in [0.15, 0.2) is 66.9 Å². The first-order valence-corrected chi connectivity index (χ1v) is 16.7. The molecule has 0 spiro atoms. The highest BCUT2D eigenvalue weighted by Gasteiger charge is 2.21. The van der Waals surface area contributed by atoms with E-state index in [0.717, 1.165) is 23.2 Å². The van der Waals surface area contributed by atoms with Crippen LogP contribution in [0.5, 0.6) is 17.4 Å². The van der Waals surface area contributed by atoms with E-state index in [1.807, 2.05) is 77.0 Å². The van der Waals surface area contributed by atoms with Crippen LogP contribution in [0.4, 0.5) is 17.3 Å². The summed E-state index contributed by atoms with van der Waals surface area (Å²) in [5.74, 6) is 0.420. The van der Waals surface area contributed by atoms with E-state index in [1.54, 1.807) is 35.2 Å². The lowest BCUT2D eigenvalue weighted by Crippen LogP contribution is -2.31. The molecular weight excluding hydrogens is 634 g/mol. The Labute approximate surface area is 294 Å². The van der Waals surface area contributed by atoms with Gasteiger partial charge < -0.3 is 35.2 Å². The summed E-state index contributed by atoms with van der Waals surface area (Å²) in [6, 6.07) is 18.1. The van der Waals surface area contributed by atoms with Gasteiger partial charge in [-0.05, 0) is 101 Å². The van der Waals surface area contributed by atoms with Crippen molar-refractivity contribution in [3.8, 4) is 17.4 Å². The zero-order valence-corrected chi connectivity index (χ0v) is 29.9. The number of benzene rings is 3. The molecule has 0 saturated carbocycles. The molecule has 0 aliphatic carbocycles. The molecule has 12 heteroatoms. The molecule has 0 bridgehead atoms. The lowest BCUT2D eigenvalue weighted by molar-refractivity contribution is -0.130. The molecule has 50 heavy (non-hydrogen) atoms. The molecule has 12 nitrogen and oxygen atoms in total. The van der Waals surface area contributed by atoms with Gasteiger partial charge in [-0.3, -0.25) is 14.4 Å². The predicted molar refractivity (Wildman–Crippen MR) is 196 cm³/mol. The number of methoxy groups -OCH3 is 1. The van der Waals surface area contributed by atoms with Crippen LogP contribution in [0.25, 0.3) is 0 Å². The largest absolute Gasteiger partial charge is 0.493 e. The van der Waals surface area contributed by atoms with Crippen LogP contribution in [0.1, 0.15) is 57.7 Å². The smallest absolute Gasteiger partial charge is 0.262 e. The van der Waals surface area contributed by atoms with Crippen molar-refractivity contribution in [3.05, 3.63) is 94.7 Å². The van der Waals surface area contributed by atoms with Crippen LogP contribution in [0.2, 0.25) is 0 Å². The summed E-state index contributed by atoms with van der Waals surface area (Å²) in [6.07, 6.45) is 2.31. The summed E-state index contributed by atoms with van der Waals surface area (Å²) in [7, 11) is 5.42. The Morgan fingerprint density at radius 2 is 1.58 bits per heavy atom. The van der Waals surface area contributed by atoms with E-state index in [0.29, 0.717) is 60.9 Å². The molecule has 0 unspecified atom stereocenters. The van der Waals surface area contributed by atoms with Crippen LogP contribution in [-0.2, 0) is 11.2 Å². The molecule has 0 fully saturated rings. The first-order chi connectivity index (χ1) is 24.0. The molecule has 0 aliphatic rings. The van der Waals surface area contributed by atoms with Crippen molar-refractivity contribution in [2.75, 3.05) is 58.0 Å². The Balaban J connectivity index is 1.60. The number of aryl methyl sites for hydroxylation is 3. The van der Waals surface area contributed by atoms with Crippen molar-refractivity contribution >= 4 is 35.0 Å². The van der Waals surface area contributed by atoms with E-state index in [4.69, 9.17) is 9.47 Å². The second kappa shape index (κ2) is 17.8. The molecule has 3 amide bonds. The molecule has 3 N–H and O–H groups in total. The van der Waals surface area contributed by atoms with E-state index in [-0.39, 0.29) is 29.2 Å². The molecule has 0 saturated heterocycles. The standard InChI is InChI=1S/C38H47N7O5/c1-8-45(9-2)33(46)20-14-27-13-19-31(32(23-27)49-7)50-37-30(36(48)42-34-25(3)11-10-12-26(34)4)24-40-38(43-37)41-29-17-15-28(16-18-29)35(47)39-21-22-44(5)6/h10-13,15-19,23-24H,8-9,14,20-22H2,1-7H3,(H,39,47)(H,42,48)(H,40,41,43). The van der Waals surface area contributed by atoms with Crippen LogP contribution < -0.4 is 25.4 Å². The van der Waals surface area contributed by atoms with Gasteiger partial charge >= 0.3 is 0 Å². The lowest BCUT2D eigenvalue weighted by atomic mass is 10.1. The second-order valence-corrected chi connectivity index (χ2v) is 12.0. The molecule has 1 aromatic heterocycles. The summed E-state index contributed by atoms with van der Waals surface area (Å²) in [5, 5.41) is 9.01. The van der Waals surface area contributed by atoms with Crippen LogP contribution in [0.3, 0.4) is 0 Å². The average Bonchev–Trinajstić information content (AvgIpc) is 3.10. The van der Waals surface area contributed by atoms with Gasteiger partial charge in [-0.15, -0.1) is 0 Å². The molecule has 264 valence electrons. The van der Waals surface area contributed by atoms with Crippen LogP contribution in [-0.4, -0.2) is 84.9 Å². The third-order valence-corrected chi connectivity index (χ3v) is 8.14. The van der Waals surface area contributed by atoms with Gasteiger partial charge in [0.25, 0.3) is 11.8 Å². The van der Waals surface area contributed by atoms with Gasteiger partial charge in [0.1, 0.15) is 5.56 Å². The van der Waals surface area contributed by atoms with Crippen molar-refractivity contribution in [1.29, 1.82) is 0 Å². The first kappa shape index (κ1) is 37.3. The summed E-state index contributed by atoms with van der Waals surface area (Å²) in [4.78, 5) is 51.6. The Bertz CT molecular complexity index is 1770. The number of nitrogens with one attached hydrogen (secondary N) is 3. The third-order valence-electron chi connectivity index (χ3n) is 8.14. The number of hydrogen-bond donors (Lipinski definition) is 3. The maximum absolute atomic E-state index is 13.7. The number of aromatic nitrogens is 2. The Morgan fingerprint density at radius 3 is 2.22 bits per heavy atom. The topological polar surface area (TPSA) is 138 Å². The number of carbonyl (C=O) groups excluding carboxylic acids is 3. The van der Waals surface area contributed by atoms with E-state index < -0.39 is 5.91 Å². The van der Waals surface area contributed by atoms with Gasteiger partial charge in [0.15, 0.2) is 11.5 Å². The second-order valence-electron chi connectivity index (χ2n) is 12.0. The molecule has 0 radical (unpaired) electrons. The highest BCUT2D eigenvalue weighted by molar-refractivity contribution is 6.06. The number of nitrogens with zero attached hydrogens (tertiary/aromatic N) is 4. The first-order valence-electron chi connectivity index (χ1n) is 16.7. The molecule has 1 heterocycles. The number of rotatable bonds is 16. The van der Waals surface area contributed by atoms with Gasteiger partial charge in [-0.2, -0.15) is 4.98 Å². The normalized spacial score (nSPS) is 10.8. The zero-order valence-electron chi connectivity index (χ0n) is 29.9. The number of ether oxygens (including phenoxy) is 2. The molecule has 3 aromatic carbocycles. The fourth-order valence-corrected chi connectivity index (χ4v) is 5.22. The van der Waals surface area contributed by atoms with Gasteiger partial charge in [-0.1, -0.05) is 24.3 Å². The van der Waals surface area contributed by atoms with Gasteiger partial charge in [0.05, 0.1) is 7.11 Å². The fraction of sp³-hybridized carbons (Fsp3) is 0.342. The van der Waals surface area contributed by atoms with Crippen molar-refractivity contribution < 1.29 is 23.9 Å². The van der Waals surface area contributed by atoms with Crippen LogP contribution in [0, 0.1) is 13.8 Å². The van der Waals surface area contributed by atoms with Gasteiger partial charge in [0, 0.05) is 55.7 Å². The quantitative estimate of drug-likeness (QED) is 0.130. The summed E-state index contributed by atoms with van der Waals surface area (Å²) in [6.45, 7) is 10.4. The Morgan fingerprint density at radius 1 is 0.880 bits per heavy atom. The molecule has 4 aromatic rings. The van der Waals surface area contributed by atoms with Gasteiger partial charge in [0.2, 0.25) is 17.7 Å². The number of amides is 3. The number of likely N-dealkylation sites (N-methyl/N-ethyl adjacent to an activating group) is 1.